The number of unbranched alkanes of at least 4 members (excludes halogenated alkanes) is 1. The van der Waals surface area contributed by atoms with E-state index in [1.807, 2.05) is 25.2 Å². The molecule has 1 aromatic rings. The van der Waals surface area contributed by atoms with E-state index < -0.39 is 0 Å². The molecule has 0 saturated carbocycles. The highest BCUT2D eigenvalue weighted by molar-refractivity contribution is 5.79. The van der Waals surface area contributed by atoms with E-state index in [1.165, 1.54) is 12.0 Å². The van der Waals surface area contributed by atoms with Crippen LogP contribution >= 0.6 is 0 Å². The minimum atomic E-state index is 0.827. The van der Waals surface area contributed by atoms with Crippen molar-refractivity contribution >= 4 is 5.96 Å². The number of nitrogens with one attached hydrogen (secondary N) is 2. The number of benzene rings is 1. The number of rotatable bonds is 9. The highest BCUT2D eigenvalue weighted by Crippen LogP contribution is 2.17. The van der Waals surface area contributed by atoms with Crippen LogP contribution in [0.5, 0.6) is 5.75 Å². The van der Waals surface area contributed by atoms with Gasteiger partial charge in [0.25, 0.3) is 0 Å². The van der Waals surface area contributed by atoms with Crippen molar-refractivity contribution in [2.45, 2.75) is 19.3 Å². The summed E-state index contributed by atoms with van der Waals surface area (Å²) >= 11 is 0. The molecule has 0 atom stereocenters. The molecule has 25 heavy (non-hydrogen) atoms. The third-order valence-corrected chi connectivity index (χ3v) is 4.40. The Morgan fingerprint density at radius 2 is 1.92 bits per heavy atom. The van der Waals surface area contributed by atoms with Gasteiger partial charge in [0.1, 0.15) is 5.75 Å². The molecule has 0 amide bonds. The average Bonchev–Trinajstić information content (AvgIpc) is 2.67. The van der Waals surface area contributed by atoms with Gasteiger partial charge in [0.2, 0.25) is 0 Å². The number of hydrogen-bond donors (Lipinski definition) is 2. The van der Waals surface area contributed by atoms with Crippen LogP contribution in [0.25, 0.3) is 0 Å². The molecule has 0 aromatic heterocycles. The minimum Gasteiger partial charge on any atom is -0.496 e. The van der Waals surface area contributed by atoms with E-state index in [0.29, 0.717) is 0 Å². The highest BCUT2D eigenvalue weighted by atomic mass is 16.5. The first-order valence-electron chi connectivity index (χ1n) is 9.20. The smallest absolute Gasteiger partial charge is 0.190 e. The van der Waals surface area contributed by atoms with Gasteiger partial charge in [-0.05, 0) is 37.4 Å². The molecule has 1 heterocycles. The van der Waals surface area contributed by atoms with E-state index in [-0.39, 0.29) is 0 Å². The topological polar surface area (TPSA) is 58.1 Å². The first kappa shape index (κ1) is 19.5. The van der Waals surface area contributed by atoms with Crippen LogP contribution < -0.4 is 15.4 Å². The van der Waals surface area contributed by atoms with Crippen molar-refractivity contribution in [1.29, 1.82) is 0 Å². The van der Waals surface area contributed by atoms with Crippen molar-refractivity contribution in [1.82, 2.24) is 15.5 Å². The van der Waals surface area contributed by atoms with Crippen LogP contribution in [0, 0.1) is 0 Å². The summed E-state index contributed by atoms with van der Waals surface area (Å²) in [4.78, 5) is 6.76. The third-order valence-electron chi connectivity index (χ3n) is 4.40. The number of ether oxygens (including phenoxy) is 2. The third kappa shape index (κ3) is 7.32. The second-order valence-electron chi connectivity index (χ2n) is 6.15. The normalized spacial score (nSPS) is 15.8. The molecular weight excluding hydrogens is 316 g/mol. The van der Waals surface area contributed by atoms with Crippen molar-refractivity contribution in [3.63, 3.8) is 0 Å². The zero-order valence-corrected chi connectivity index (χ0v) is 15.6. The van der Waals surface area contributed by atoms with E-state index >= 15 is 0 Å². The van der Waals surface area contributed by atoms with Gasteiger partial charge in [-0.2, -0.15) is 0 Å². The summed E-state index contributed by atoms with van der Waals surface area (Å²) in [6.07, 6.45) is 3.25. The van der Waals surface area contributed by atoms with Gasteiger partial charge in [-0.25, -0.2) is 0 Å². The summed E-state index contributed by atoms with van der Waals surface area (Å²) in [6.45, 7) is 6.82. The Morgan fingerprint density at radius 1 is 1.16 bits per heavy atom. The molecule has 6 nitrogen and oxygen atoms in total. The van der Waals surface area contributed by atoms with E-state index in [9.17, 15) is 0 Å². The monoisotopic (exact) mass is 348 g/mol. The number of aliphatic imine (C=N–C) groups is 1. The first-order chi connectivity index (χ1) is 12.3. The van der Waals surface area contributed by atoms with Crippen molar-refractivity contribution < 1.29 is 9.47 Å². The fourth-order valence-electron chi connectivity index (χ4n) is 2.94. The fourth-order valence-corrected chi connectivity index (χ4v) is 2.94. The Labute approximate surface area is 151 Å². The zero-order chi connectivity index (χ0) is 17.7. The Bertz CT molecular complexity index is 516. The molecule has 1 aliphatic heterocycles. The summed E-state index contributed by atoms with van der Waals surface area (Å²) in [5.74, 6) is 1.80. The molecule has 2 N–H and O–H groups in total. The predicted octanol–water partition coefficient (Wildman–Crippen LogP) is 1.52. The van der Waals surface area contributed by atoms with E-state index in [2.05, 4.69) is 26.6 Å². The molecule has 1 aromatic carbocycles. The Balaban J connectivity index is 1.57. The number of hydrogen-bond acceptors (Lipinski definition) is 4. The Morgan fingerprint density at radius 3 is 2.68 bits per heavy atom. The Kier molecular flexibility index (Phi) is 9.15. The van der Waals surface area contributed by atoms with Gasteiger partial charge in [-0.15, -0.1) is 0 Å². The second-order valence-corrected chi connectivity index (χ2v) is 6.15. The molecule has 0 spiro atoms. The average molecular weight is 348 g/mol. The lowest BCUT2D eigenvalue weighted by Gasteiger charge is -2.26. The SMILES string of the molecule is CN=C(NCCCCN1CCOCC1)NCCc1ccccc1OC. The van der Waals surface area contributed by atoms with Gasteiger partial charge in [0.05, 0.1) is 20.3 Å². The summed E-state index contributed by atoms with van der Waals surface area (Å²) in [7, 11) is 3.52. The van der Waals surface area contributed by atoms with Gasteiger partial charge in [0, 0.05) is 33.2 Å². The summed E-state index contributed by atoms with van der Waals surface area (Å²) in [5, 5.41) is 6.75. The lowest BCUT2D eigenvalue weighted by molar-refractivity contribution is 0.0372. The van der Waals surface area contributed by atoms with Crippen molar-refractivity contribution in [2.75, 3.05) is 60.1 Å². The molecule has 1 saturated heterocycles. The maximum Gasteiger partial charge on any atom is 0.190 e. The molecule has 1 fully saturated rings. The van der Waals surface area contributed by atoms with Gasteiger partial charge in [-0.3, -0.25) is 9.89 Å². The summed E-state index contributed by atoms with van der Waals surface area (Å²) in [6, 6.07) is 8.13. The molecular formula is C19H32N4O2. The number of methoxy groups -OCH3 is 1. The molecule has 6 heteroatoms. The lowest BCUT2D eigenvalue weighted by Crippen LogP contribution is -2.39. The van der Waals surface area contributed by atoms with Crippen LogP contribution in [0.1, 0.15) is 18.4 Å². The van der Waals surface area contributed by atoms with Crippen molar-refractivity contribution in [2.24, 2.45) is 4.99 Å². The first-order valence-corrected chi connectivity index (χ1v) is 9.20. The molecule has 0 aliphatic carbocycles. The summed E-state index contributed by atoms with van der Waals surface area (Å²) in [5.41, 5.74) is 1.21. The van der Waals surface area contributed by atoms with Gasteiger partial charge >= 0.3 is 0 Å². The second kappa shape index (κ2) is 11.7. The predicted molar refractivity (Wildman–Crippen MR) is 103 cm³/mol. The number of nitrogens with zero attached hydrogens (tertiary/aromatic N) is 2. The molecule has 2 rings (SSSR count). The minimum absolute atomic E-state index is 0.827. The fraction of sp³-hybridized carbons (Fsp3) is 0.632. The molecule has 0 bridgehead atoms. The van der Waals surface area contributed by atoms with Crippen LogP contribution in [-0.4, -0.2) is 71.0 Å². The molecule has 0 unspecified atom stereocenters. The largest absolute Gasteiger partial charge is 0.496 e. The van der Waals surface area contributed by atoms with Gasteiger partial charge in [-0.1, -0.05) is 18.2 Å². The standard InChI is InChI=1S/C19H32N4O2/c1-20-19(21-10-5-6-12-23-13-15-25-16-14-23)22-11-9-17-7-3-4-8-18(17)24-2/h3-4,7-8H,5-6,9-16H2,1-2H3,(H2,20,21,22). The van der Waals surface area contributed by atoms with Crippen LogP contribution in [0.2, 0.25) is 0 Å². The molecule has 0 radical (unpaired) electrons. The van der Waals surface area contributed by atoms with Crippen LogP contribution in [0.15, 0.2) is 29.3 Å². The van der Waals surface area contributed by atoms with Gasteiger partial charge in [0.15, 0.2) is 5.96 Å². The van der Waals surface area contributed by atoms with Gasteiger partial charge < -0.3 is 20.1 Å². The molecule has 140 valence electrons. The van der Waals surface area contributed by atoms with E-state index in [4.69, 9.17) is 9.47 Å². The van der Waals surface area contributed by atoms with E-state index in [1.54, 1.807) is 7.11 Å². The van der Waals surface area contributed by atoms with Crippen LogP contribution in [0.4, 0.5) is 0 Å². The zero-order valence-electron chi connectivity index (χ0n) is 15.6. The molecule has 1 aliphatic rings. The lowest BCUT2D eigenvalue weighted by atomic mass is 10.1. The number of guanidine groups is 1. The maximum absolute atomic E-state index is 5.39. The number of morpholine rings is 1. The maximum atomic E-state index is 5.39. The van der Waals surface area contributed by atoms with E-state index in [0.717, 1.165) is 70.5 Å². The van der Waals surface area contributed by atoms with Crippen LogP contribution in [0.3, 0.4) is 0 Å². The van der Waals surface area contributed by atoms with Crippen molar-refractivity contribution in [3.05, 3.63) is 29.8 Å². The van der Waals surface area contributed by atoms with Crippen LogP contribution in [-0.2, 0) is 11.2 Å². The van der Waals surface area contributed by atoms with Crippen molar-refractivity contribution in [3.8, 4) is 5.75 Å². The quantitative estimate of drug-likeness (QED) is 0.403. The Hall–Kier alpha value is -1.79. The highest BCUT2D eigenvalue weighted by Gasteiger charge is 2.09. The number of para-hydroxylation sites is 1. The summed E-state index contributed by atoms with van der Waals surface area (Å²) < 4.78 is 10.8.